The van der Waals surface area contributed by atoms with E-state index in [1.807, 2.05) is 6.92 Å². The molecule has 0 fully saturated rings. The Morgan fingerprint density at radius 2 is 2.20 bits per heavy atom. The van der Waals surface area contributed by atoms with E-state index in [9.17, 15) is 13.6 Å². The highest BCUT2D eigenvalue weighted by Gasteiger charge is 2.19. The zero-order chi connectivity index (χ0) is 15.3. The van der Waals surface area contributed by atoms with Gasteiger partial charge in [0.1, 0.15) is 0 Å². The summed E-state index contributed by atoms with van der Waals surface area (Å²) in [5.41, 5.74) is 5.70. The first-order valence-corrected chi connectivity index (χ1v) is 7.02. The molecule has 0 aliphatic heterocycles. The SMILES string of the molecule is CCC[C@@H](N)C(=O)Nc1cc(Cl)cc(Br)c1OC(F)F. The van der Waals surface area contributed by atoms with E-state index >= 15 is 0 Å². The molecule has 0 aliphatic carbocycles. The predicted octanol–water partition coefficient (Wildman–Crippen LogP) is 3.77. The van der Waals surface area contributed by atoms with Crippen molar-refractivity contribution in [1.29, 1.82) is 0 Å². The summed E-state index contributed by atoms with van der Waals surface area (Å²) in [6, 6.07) is 1.98. The fourth-order valence-electron chi connectivity index (χ4n) is 1.53. The van der Waals surface area contributed by atoms with Crippen LogP contribution in [0.4, 0.5) is 14.5 Å². The van der Waals surface area contributed by atoms with Crippen molar-refractivity contribution in [2.24, 2.45) is 5.73 Å². The van der Waals surface area contributed by atoms with Crippen molar-refractivity contribution in [3.63, 3.8) is 0 Å². The summed E-state index contributed by atoms with van der Waals surface area (Å²) in [6.07, 6.45) is 1.22. The fourth-order valence-corrected chi connectivity index (χ4v) is 2.43. The number of nitrogens with one attached hydrogen (secondary N) is 1. The van der Waals surface area contributed by atoms with Crippen molar-refractivity contribution in [2.75, 3.05) is 5.32 Å². The minimum Gasteiger partial charge on any atom is -0.431 e. The van der Waals surface area contributed by atoms with Crippen molar-refractivity contribution >= 4 is 39.1 Å². The first kappa shape index (κ1) is 17.1. The summed E-state index contributed by atoms with van der Waals surface area (Å²) in [5, 5.41) is 2.71. The third-order valence-electron chi connectivity index (χ3n) is 2.41. The topological polar surface area (TPSA) is 64.4 Å². The van der Waals surface area contributed by atoms with Gasteiger partial charge in [-0.2, -0.15) is 8.78 Å². The maximum Gasteiger partial charge on any atom is 0.387 e. The van der Waals surface area contributed by atoms with E-state index in [2.05, 4.69) is 26.0 Å². The van der Waals surface area contributed by atoms with Crippen LogP contribution in [-0.4, -0.2) is 18.6 Å². The van der Waals surface area contributed by atoms with Gasteiger partial charge < -0.3 is 15.8 Å². The molecule has 1 aromatic carbocycles. The maximum atomic E-state index is 12.4. The molecule has 1 rings (SSSR count). The van der Waals surface area contributed by atoms with Gasteiger partial charge in [0.05, 0.1) is 16.2 Å². The van der Waals surface area contributed by atoms with Crippen LogP contribution in [0.15, 0.2) is 16.6 Å². The molecule has 20 heavy (non-hydrogen) atoms. The number of hydrogen-bond donors (Lipinski definition) is 2. The lowest BCUT2D eigenvalue weighted by molar-refractivity contribution is -0.117. The molecule has 0 saturated heterocycles. The Balaban J connectivity index is 3.00. The van der Waals surface area contributed by atoms with Crippen molar-refractivity contribution in [3.05, 3.63) is 21.6 Å². The van der Waals surface area contributed by atoms with Crippen LogP contribution in [0, 0.1) is 0 Å². The second-order valence-electron chi connectivity index (χ2n) is 4.03. The number of nitrogens with two attached hydrogens (primary N) is 1. The molecular formula is C12H14BrClF2N2O2. The predicted molar refractivity (Wildman–Crippen MR) is 77.3 cm³/mol. The molecule has 0 saturated carbocycles. The first-order valence-electron chi connectivity index (χ1n) is 5.85. The molecule has 1 amide bonds. The summed E-state index contributed by atoms with van der Waals surface area (Å²) >= 11 is 8.89. The van der Waals surface area contributed by atoms with Crippen LogP contribution in [0.1, 0.15) is 19.8 Å². The van der Waals surface area contributed by atoms with E-state index in [1.165, 1.54) is 12.1 Å². The number of amides is 1. The Morgan fingerprint density at radius 1 is 1.55 bits per heavy atom. The van der Waals surface area contributed by atoms with E-state index in [4.69, 9.17) is 17.3 Å². The minimum absolute atomic E-state index is 0.0428. The molecule has 0 aromatic heterocycles. The molecule has 0 bridgehead atoms. The number of carbonyl (C=O) groups excluding carboxylic acids is 1. The van der Waals surface area contributed by atoms with E-state index in [1.54, 1.807) is 0 Å². The number of benzene rings is 1. The molecule has 3 N–H and O–H groups in total. The van der Waals surface area contributed by atoms with Gasteiger partial charge in [0.2, 0.25) is 5.91 Å². The Morgan fingerprint density at radius 3 is 2.75 bits per heavy atom. The standard InChI is InChI=1S/C12H14BrClF2N2O2/c1-2-3-8(17)11(19)18-9-5-6(14)4-7(13)10(9)20-12(15)16/h4-5,8,12H,2-3,17H2,1H3,(H,18,19)/t8-/m1/s1. The molecule has 0 heterocycles. The number of rotatable bonds is 6. The minimum atomic E-state index is -3.02. The lowest BCUT2D eigenvalue weighted by atomic mass is 10.1. The highest BCUT2D eigenvalue weighted by atomic mass is 79.9. The van der Waals surface area contributed by atoms with Gasteiger partial charge in [-0.3, -0.25) is 4.79 Å². The number of carbonyl (C=O) groups is 1. The second kappa shape index (κ2) is 7.75. The summed E-state index contributed by atoms with van der Waals surface area (Å²) in [4.78, 5) is 11.8. The summed E-state index contributed by atoms with van der Waals surface area (Å²) in [7, 11) is 0. The lowest BCUT2D eigenvalue weighted by Crippen LogP contribution is -2.35. The average Bonchev–Trinajstić information content (AvgIpc) is 2.33. The fraction of sp³-hybridized carbons (Fsp3) is 0.417. The van der Waals surface area contributed by atoms with E-state index in [-0.39, 0.29) is 20.9 Å². The van der Waals surface area contributed by atoms with Crippen molar-refractivity contribution in [2.45, 2.75) is 32.4 Å². The van der Waals surface area contributed by atoms with E-state index in [0.717, 1.165) is 6.42 Å². The third-order valence-corrected chi connectivity index (χ3v) is 3.22. The monoisotopic (exact) mass is 370 g/mol. The van der Waals surface area contributed by atoms with Crippen LogP contribution in [-0.2, 0) is 4.79 Å². The molecule has 4 nitrogen and oxygen atoms in total. The van der Waals surface area contributed by atoms with Gasteiger partial charge in [-0.25, -0.2) is 0 Å². The third kappa shape index (κ3) is 4.88. The Labute approximate surface area is 128 Å². The number of halogens is 4. The Hall–Kier alpha value is -0.920. The lowest BCUT2D eigenvalue weighted by Gasteiger charge is -2.16. The van der Waals surface area contributed by atoms with Crippen molar-refractivity contribution < 1.29 is 18.3 Å². The maximum absolute atomic E-state index is 12.4. The van der Waals surface area contributed by atoms with Crippen LogP contribution >= 0.6 is 27.5 Å². The van der Waals surface area contributed by atoms with Gasteiger partial charge >= 0.3 is 6.61 Å². The molecule has 1 aromatic rings. The molecule has 0 aliphatic rings. The van der Waals surface area contributed by atoms with Crippen LogP contribution in [0.3, 0.4) is 0 Å². The van der Waals surface area contributed by atoms with Gasteiger partial charge in [-0.1, -0.05) is 24.9 Å². The van der Waals surface area contributed by atoms with Crippen LogP contribution in [0.5, 0.6) is 5.75 Å². The van der Waals surface area contributed by atoms with Crippen LogP contribution < -0.4 is 15.8 Å². The number of alkyl halides is 2. The first-order chi connectivity index (χ1) is 9.35. The van der Waals surface area contributed by atoms with Gasteiger partial charge in [0.15, 0.2) is 5.75 Å². The summed E-state index contributed by atoms with van der Waals surface area (Å²) in [6.45, 7) is -1.14. The normalized spacial score (nSPS) is 12.3. The molecule has 1 atom stereocenters. The number of ether oxygens (including phenoxy) is 1. The quantitative estimate of drug-likeness (QED) is 0.800. The molecule has 0 spiro atoms. The summed E-state index contributed by atoms with van der Waals surface area (Å²) < 4.78 is 29.4. The number of anilines is 1. The van der Waals surface area contributed by atoms with Crippen molar-refractivity contribution in [3.8, 4) is 5.75 Å². The molecule has 0 unspecified atom stereocenters. The van der Waals surface area contributed by atoms with E-state index < -0.39 is 18.6 Å². The van der Waals surface area contributed by atoms with Gasteiger partial charge in [0, 0.05) is 5.02 Å². The Kier molecular flexibility index (Phi) is 6.64. The zero-order valence-corrected chi connectivity index (χ0v) is 13.0. The largest absolute Gasteiger partial charge is 0.431 e. The molecular weight excluding hydrogens is 357 g/mol. The Bertz CT molecular complexity index is 489. The molecule has 112 valence electrons. The summed E-state index contributed by atoms with van der Waals surface area (Å²) in [5.74, 6) is -0.679. The smallest absolute Gasteiger partial charge is 0.387 e. The van der Waals surface area contributed by atoms with Gasteiger partial charge in [-0.05, 0) is 34.5 Å². The zero-order valence-electron chi connectivity index (χ0n) is 10.6. The van der Waals surface area contributed by atoms with Crippen molar-refractivity contribution in [1.82, 2.24) is 0 Å². The average molecular weight is 372 g/mol. The van der Waals surface area contributed by atoms with Crippen LogP contribution in [0.25, 0.3) is 0 Å². The van der Waals surface area contributed by atoms with Crippen LogP contribution in [0.2, 0.25) is 5.02 Å². The molecule has 0 radical (unpaired) electrons. The van der Waals surface area contributed by atoms with Gasteiger partial charge in [0.25, 0.3) is 0 Å². The number of hydrogen-bond acceptors (Lipinski definition) is 3. The second-order valence-corrected chi connectivity index (χ2v) is 5.32. The highest BCUT2D eigenvalue weighted by Crippen LogP contribution is 2.37. The van der Waals surface area contributed by atoms with E-state index in [0.29, 0.717) is 6.42 Å². The molecule has 8 heteroatoms. The highest BCUT2D eigenvalue weighted by molar-refractivity contribution is 9.10. The van der Waals surface area contributed by atoms with Gasteiger partial charge in [-0.15, -0.1) is 0 Å².